The van der Waals surface area contributed by atoms with E-state index in [-0.39, 0.29) is 11.8 Å². The Kier molecular flexibility index (Phi) is 6.02. The Morgan fingerprint density at radius 3 is 2.81 bits per heavy atom. The van der Waals surface area contributed by atoms with Gasteiger partial charge in [-0.25, -0.2) is 0 Å². The molecule has 1 saturated heterocycles. The Morgan fingerprint density at radius 1 is 1.23 bits per heavy atom. The molecule has 2 atom stereocenters. The van der Waals surface area contributed by atoms with Gasteiger partial charge in [0.05, 0.1) is 12.1 Å². The maximum atomic E-state index is 11.1. The van der Waals surface area contributed by atoms with E-state index in [1.54, 1.807) is 0 Å². The number of aliphatic carboxylic acids is 1. The average Bonchev–Trinajstić information content (AvgIpc) is 2.66. The summed E-state index contributed by atoms with van der Waals surface area (Å²) in [4.78, 5) is 11.1. The highest BCUT2D eigenvalue weighted by Gasteiger charge is 2.26. The van der Waals surface area contributed by atoms with E-state index in [1.807, 2.05) is 18.3 Å². The predicted octanol–water partition coefficient (Wildman–Crippen LogP) is 2.90. The molecular weight excluding hydrogens is 326 g/mol. The van der Waals surface area contributed by atoms with Crippen molar-refractivity contribution in [2.24, 2.45) is 16.9 Å². The Morgan fingerprint density at radius 2 is 2.04 bits per heavy atom. The van der Waals surface area contributed by atoms with Gasteiger partial charge in [-0.3, -0.25) is 4.79 Å². The van der Waals surface area contributed by atoms with Crippen LogP contribution in [0, 0.1) is 18.8 Å². The van der Waals surface area contributed by atoms with E-state index in [9.17, 15) is 4.79 Å². The molecule has 0 radical (unpaired) electrons. The van der Waals surface area contributed by atoms with Crippen molar-refractivity contribution in [1.29, 1.82) is 0 Å². The summed E-state index contributed by atoms with van der Waals surface area (Å²) in [6.45, 7) is 4.14. The van der Waals surface area contributed by atoms with Crippen LogP contribution in [-0.4, -0.2) is 36.9 Å². The Labute approximate surface area is 154 Å². The van der Waals surface area contributed by atoms with E-state index < -0.39 is 5.97 Å². The van der Waals surface area contributed by atoms with E-state index in [2.05, 4.69) is 59.2 Å². The molecule has 136 valence electrons. The van der Waals surface area contributed by atoms with Gasteiger partial charge in [0, 0.05) is 13.1 Å². The normalized spacial score (nSPS) is 20.2. The summed E-state index contributed by atoms with van der Waals surface area (Å²) in [5, 5.41) is 16.6. The molecule has 0 spiro atoms. The lowest BCUT2D eigenvalue weighted by atomic mass is 9.91. The minimum Gasteiger partial charge on any atom is -0.481 e. The molecule has 0 amide bonds. The Bertz CT molecular complexity index is 771. The van der Waals surface area contributed by atoms with Crippen molar-refractivity contribution >= 4 is 12.2 Å². The molecule has 5 nitrogen and oxygen atoms in total. The molecule has 2 aromatic carbocycles. The molecule has 1 aliphatic heterocycles. The highest BCUT2D eigenvalue weighted by Crippen LogP contribution is 2.20. The number of rotatable bonds is 6. The van der Waals surface area contributed by atoms with E-state index in [4.69, 9.17) is 5.11 Å². The first kappa shape index (κ1) is 18.1. The quantitative estimate of drug-likeness (QED) is 0.553. The van der Waals surface area contributed by atoms with Crippen LogP contribution in [0.15, 0.2) is 53.6 Å². The molecule has 3 rings (SSSR count). The topological polar surface area (TPSA) is 73.7 Å². The molecule has 0 bridgehead atoms. The monoisotopic (exact) mass is 351 g/mol. The average molecular weight is 351 g/mol. The van der Waals surface area contributed by atoms with Crippen LogP contribution in [0.2, 0.25) is 0 Å². The van der Waals surface area contributed by atoms with Crippen LogP contribution in [0.1, 0.15) is 17.5 Å². The van der Waals surface area contributed by atoms with Gasteiger partial charge in [-0.2, -0.15) is 5.10 Å². The lowest BCUT2D eigenvalue weighted by Crippen LogP contribution is -2.42. The fourth-order valence-corrected chi connectivity index (χ4v) is 3.22. The molecule has 3 N–H and O–H groups in total. The number of benzene rings is 2. The van der Waals surface area contributed by atoms with Crippen LogP contribution in [0.4, 0.5) is 0 Å². The highest BCUT2D eigenvalue weighted by molar-refractivity contribution is 5.82. The zero-order valence-electron chi connectivity index (χ0n) is 15.0. The van der Waals surface area contributed by atoms with Crippen molar-refractivity contribution in [2.45, 2.75) is 13.3 Å². The van der Waals surface area contributed by atoms with Crippen LogP contribution in [0.3, 0.4) is 0 Å². The third-order valence-electron chi connectivity index (χ3n) is 4.75. The molecule has 5 heteroatoms. The Balaban J connectivity index is 1.55. The number of carbonyl (C=O) groups is 1. The third kappa shape index (κ3) is 4.92. The van der Waals surface area contributed by atoms with Crippen molar-refractivity contribution in [2.75, 3.05) is 19.6 Å². The summed E-state index contributed by atoms with van der Waals surface area (Å²) in [5.74, 6) is -0.745. The molecular formula is C21H25N3O2. The molecule has 0 aromatic heterocycles. The van der Waals surface area contributed by atoms with Crippen LogP contribution in [0.25, 0.3) is 11.1 Å². The minimum absolute atomic E-state index is 0.279. The molecule has 2 aromatic rings. The molecule has 26 heavy (non-hydrogen) atoms. The van der Waals surface area contributed by atoms with E-state index in [0.29, 0.717) is 19.5 Å². The van der Waals surface area contributed by atoms with E-state index in [1.165, 1.54) is 11.1 Å². The second-order valence-corrected chi connectivity index (χ2v) is 6.91. The number of piperidine rings is 1. The van der Waals surface area contributed by atoms with Crippen molar-refractivity contribution in [1.82, 2.24) is 10.7 Å². The summed E-state index contributed by atoms with van der Waals surface area (Å²) >= 11 is 0. The van der Waals surface area contributed by atoms with Gasteiger partial charge in [0.1, 0.15) is 0 Å². The largest absolute Gasteiger partial charge is 0.481 e. The van der Waals surface area contributed by atoms with Crippen molar-refractivity contribution in [3.05, 3.63) is 59.7 Å². The van der Waals surface area contributed by atoms with Gasteiger partial charge < -0.3 is 15.8 Å². The summed E-state index contributed by atoms with van der Waals surface area (Å²) in [7, 11) is 0. The van der Waals surface area contributed by atoms with E-state index >= 15 is 0 Å². The van der Waals surface area contributed by atoms with Crippen LogP contribution < -0.4 is 10.7 Å². The lowest BCUT2D eigenvalue weighted by molar-refractivity contribution is -0.142. The molecule has 1 heterocycles. The summed E-state index contributed by atoms with van der Waals surface area (Å²) in [6, 6.07) is 16.7. The third-order valence-corrected chi connectivity index (χ3v) is 4.75. The summed E-state index contributed by atoms with van der Waals surface area (Å²) < 4.78 is 0. The molecule has 1 fully saturated rings. The highest BCUT2D eigenvalue weighted by atomic mass is 16.4. The van der Waals surface area contributed by atoms with Crippen LogP contribution >= 0.6 is 0 Å². The van der Waals surface area contributed by atoms with E-state index in [0.717, 1.165) is 17.7 Å². The lowest BCUT2D eigenvalue weighted by Gasteiger charge is -2.27. The first-order valence-corrected chi connectivity index (χ1v) is 8.98. The molecule has 0 aliphatic carbocycles. The fraction of sp³-hybridized carbons (Fsp3) is 0.333. The van der Waals surface area contributed by atoms with Gasteiger partial charge in [0.15, 0.2) is 0 Å². The first-order valence-electron chi connectivity index (χ1n) is 8.98. The Hall–Kier alpha value is -2.66. The van der Waals surface area contributed by atoms with Gasteiger partial charge in [-0.15, -0.1) is 0 Å². The number of nitrogens with zero attached hydrogens (tertiary/aromatic N) is 1. The maximum Gasteiger partial charge on any atom is 0.307 e. The molecule has 0 saturated carbocycles. The van der Waals surface area contributed by atoms with Crippen molar-refractivity contribution in [3.63, 3.8) is 0 Å². The van der Waals surface area contributed by atoms with Gasteiger partial charge in [0.25, 0.3) is 0 Å². The fourth-order valence-electron chi connectivity index (χ4n) is 3.22. The summed E-state index contributed by atoms with van der Waals surface area (Å²) in [5.41, 5.74) is 7.69. The van der Waals surface area contributed by atoms with Crippen molar-refractivity contribution in [3.8, 4) is 11.1 Å². The van der Waals surface area contributed by atoms with Gasteiger partial charge >= 0.3 is 5.97 Å². The van der Waals surface area contributed by atoms with Gasteiger partial charge in [-0.1, -0.05) is 48.0 Å². The number of hydrogen-bond donors (Lipinski definition) is 3. The smallest absolute Gasteiger partial charge is 0.307 e. The first-order chi connectivity index (χ1) is 12.6. The van der Waals surface area contributed by atoms with Crippen LogP contribution in [-0.2, 0) is 4.79 Å². The van der Waals surface area contributed by atoms with Crippen molar-refractivity contribution < 1.29 is 9.90 Å². The number of aryl methyl sites for hydroxylation is 1. The molecule has 0 unspecified atom stereocenters. The SMILES string of the molecule is Cc1ccc(-c2cccc(/C=N/NC[C@@H]3CNC[C@H](C(=O)O)C3)c2)cc1. The van der Waals surface area contributed by atoms with Gasteiger partial charge in [0.2, 0.25) is 0 Å². The standard InChI is InChI=1S/C21H25N3O2/c1-15-5-7-18(8-6-15)19-4-2-3-16(9-19)12-23-24-13-17-10-20(21(25)26)14-22-11-17/h2-9,12,17,20,22,24H,10-11,13-14H2,1H3,(H,25,26)/b23-12+/t17-,20+/m0/s1. The second kappa shape index (κ2) is 8.63. The number of nitrogens with one attached hydrogen (secondary N) is 2. The van der Waals surface area contributed by atoms with Gasteiger partial charge in [-0.05, 0) is 48.6 Å². The predicted molar refractivity (Wildman–Crippen MR) is 104 cm³/mol. The van der Waals surface area contributed by atoms with Crippen LogP contribution in [0.5, 0.6) is 0 Å². The summed E-state index contributed by atoms with van der Waals surface area (Å²) in [6.07, 6.45) is 2.50. The number of carboxylic acids is 1. The number of hydrazone groups is 1. The zero-order valence-corrected chi connectivity index (χ0v) is 15.0. The second-order valence-electron chi connectivity index (χ2n) is 6.91. The minimum atomic E-state index is -0.723. The number of hydrogen-bond acceptors (Lipinski definition) is 4. The zero-order chi connectivity index (χ0) is 18.4. The number of carboxylic acid groups (broad SMARTS) is 1. The maximum absolute atomic E-state index is 11.1. The molecule has 1 aliphatic rings.